The van der Waals surface area contributed by atoms with E-state index in [-0.39, 0.29) is 0 Å². The minimum Gasteiger partial charge on any atom is -0.369 e. The third-order valence-corrected chi connectivity index (χ3v) is 4.37. The second-order valence-corrected chi connectivity index (χ2v) is 6.00. The molecule has 21 heavy (non-hydrogen) atoms. The molecule has 0 unspecified atom stereocenters. The number of halogens is 1. The largest absolute Gasteiger partial charge is 0.369 e. The summed E-state index contributed by atoms with van der Waals surface area (Å²) in [6, 6.07) is 0. The Hall–Kier alpha value is -0.680. The van der Waals surface area contributed by atoms with E-state index in [1.807, 2.05) is 0 Å². The normalized spacial score (nSPS) is 11.1. The van der Waals surface area contributed by atoms with Crippen LogP contribution in [0.4, 0.5) is 5.82 Å². The van der Waals surface area contributed by atoms with Crippen molar-refractivity contribution >= 4 is 21.7 Å². The fourth-order valence-corrected chi connectivity index (χ4v) is 2.73. The molecule has 5 heteroatoms. The van der Waals surface area contributed by atoms with Crippen LogP contribution in [0.15, 0.2) is 4.47 Å². The van der Waals surface area contributed by atoms with Gasteiger partial charge in [-0.15, -0.1) is 0 Å². The Bertz CT molecular complexity index is 419. The van der Waals surface area contributed by atoms with E-state index in [0.717, 1.165) is 73.7 Å². The molecule has 120 valence electrons. The van der Waals surface area contributed by atoms with E-state index < -0.39 is 0 Å². The Balaban J connectivity index is 2.88. The molecular formula is C16H29BrN4. The van der Waals surface area contributed by atoms with Gasteiger partial charge in [0, 0.05) is 19.5 Å². The van der Waals surface area contributed by atoms with E-state index in [9.17, 15) is 0 Å². The molecule has 0 aliphatic carbocycles. The van der Waals surface area contributed by atoms with Crippen molar-refractivity contribution in [3.8, 4) is 0 Å². The first-order valence-corrected chi connectivity index (χ1v) is 8.96. The maximum absolute atomic E-state index is 4.75. The third-order valence-electron chi connectivity index (χ3n) is 3.54. The molecular weight excluding hydrogens is 328 g/mol. The lowest BCUT2D eigenvalue weighted by atomic mass is 10.2. The molecule has 0 radical (unpaired) electrons. The van der Waals surface area contributed by atoms with Crippen LogP contribution in [0, 0.1) is 0 Å². The zero-order chi connectivity index (χ0) is 15.7. The topological polar surface area (TPSA) is 41.1 Å². The molecule has 0 saturated heterocycles. The summed E-state index contributed by atoms with van der Waals surface area (Å²) in [5.74, 6) is 1.90. The number of aromatic nitrogens is 2. The molecule has 0 atom stereocenters. The summed E-state index contributed by atoms with van der Waals surface area (Å²) >= 11 is 3.66. The highest BCUT2D eigenvalue weighted by atomic mass is 79.9. The van der Waals surface area contributed by atoms with Crippen molar-refractivity contribution in [2.45, 2.75) is 53.4 Å². The van der Waals surface area contributed by atoms with Gasteiger partial charge in [0.2, 0.25) is 0 Å². The van der Waals surface area contributed by atoms with Gasteiger partial charge in [-0.1, -0.05) is 34.1 Å². The van der Waals surface area contributed by atoms with Crippen LogP contribution in [0.25, 0.3) is 0 Å². The predicted octanol–water partition coefficient (Wildman–Crippen LogP) is 3.90. The lowest BCUT2D eigenvalue weighted by Crippen LogP contribution is -2.26. The summed E-state index contributed by atoms with van der Waals surface area (Å²) in [5, 5.41) is 3.41. The molecule has 4 nitrogen and oxygen atoms in total. The summed E-state index contributed by atoms with van der Waals surface area (Å²) in [6.45, 7) is 12.9. The highest BCUT2D eigenvalue weighted by Crippen LogP contribution is 2.25. The molecule has 1 aromatic heterocycles. The quantitative estimate of drug-likeness (QED) is 0.690. The van der Waals surface area contributed by atoms with Gasteiger partial charge < -0.3 is 10.2 Å². The van der Waals surface area contributed by atoms with E-state index in [2.05, 4.69) is 53.8 Å². The van der Waals surface area contributed by atoms with Crippen LogP contribution in [0.5, 0.6) is 0 Å². The van der Waals surface area contributed by atoms with E-state index in [1.54, 1.807) is 0 Å². The lowest BCUT2D eigenvalue weighted by Gasteiger charge is -2.18. The maximum atomic E-state index is 4.75. The molecule has 0 bridgehead atoms. The van der Waals surface area contributed by atoms with Gasteiger partial charge >= 0.3 is 0 Å². The maximum Gasteiger partial charge on any atom is 0.144 e. The Morgan fingerprint density at radius 2 is 1.71 bits per heavy atom. The molecule has 0 fully saturated rings. The Labute approximate surface area is 137 Å². The van der Waals surface area contributed by atoms with E-state index in [4.69, 9.17) is 9.97 Å². The van der Waals surface area contributed by atoms with Crippen molar-refractivity contribution in [3.63, 3.8) is 0 Å². The molecule has 0 aromatic carbocycles. The summed E-state index contributed by atoms with van der Waals surface area (Å²) in [5.41, 5.74) is 1.13. The number of anilines is 1. The average Bonchev–Trinajstić information content (AvgIpc) is 2.50. The standard InChI is InChI=1S/C16H29BrN4/c1-5-9-13-15(17)16(18-11-6-2)20-14(19-13)10-12-21(7-3)8-4/h5-12H2,1-4H3,(H,18,19,20). The monoisotopic (exact) mass is 356 g/mol. The Kier molecular flexibility index (Phi) is 8.85. The van der Waals surface area contributed by atoms with Crippen molar-refractivity contribution in [1.29, 1.82) is 0 Å². The number of nitrogens with one attached hydrogen (secondary N) is 1. The van der Waals surface area contributed by atoms with Crippen LogP contribution in [-0.2, 0) is 12.8 Å². The van der Waals surface area contributed by atoms with E-state index >= 15 is 0 Å². The van der Waals surface area contributed by atoms with Gasteiger partial charge in [-0.25, -0.2) is 9.97 Å². The fraction of sp³-hybridized carbons (Fsp3) is 0.750. The van der Waals surface area contributed by atoms with Gasteiger partial charge in [-0.05, 0) is 41.9 Å². The number of hydrogen-bond acceptors (Lipinski definition) is 4. The van der Waals surface area contributed by atoms with Crippen LogP contribution in [-0.4, -0.2) is 41.0 Å². The molecule has 0 amide bonds. The summed E-state index contributed by atoms with van der Waals surface area (Å²) < 4.78 is 1.03. The lowest BCUT2D eigenvalue weighted by molar-refractivity contribution is 0.305. The van der Waals surface area contributed by atoms with Crippen LogP contribution in [0.1, 0.15) is 52.1 Å². The highest BCUT2D eigenvalue weighted by Gasteiger charge is 2.12. The SMILES string of the molecule is CCCNc1nc(CCN(CC)CC)nc(CCC)c1Br. The minimum atomic E-state index is 0.909. The van der Waals surface area contributed by atoms with E-state index in [0.29, 0.717) is 0 Å². The number of hydrogen-bond donors (Lipinski definition) is 1. The van der Waals surface area contributed by atoms with Crippen molar-refractivity contribution in [2.24, 2.45) is 0 Å². The first-order valence-electron chi connectivity index (χ1n) is 8.17. The smallest absolute Gasteiger partial charge is 0.144 e. The Morgan fingerprint density at radius 3 is 2.29 bits per heavy atom. The molecule has 0 aliphatic rings. The van der Waals surface area contributed by atoms with Crippen LogP contribution < -0.4 is 5.32 Å². The molecule has 0 saturated carbocycles. The molecule has 0 spiro atoms. The highest BCUT2D eigenvalue weighted by molar-refractivity contribution is 9.10. The van der Waals surface area contributed by atoms with Crippen molar-refractivity contribution in [3.05, 3.63) is 16.0 Å². The molecule has 1 heterocycles. The fourth-order valence-electron chi connectivity index (χ4n) is 2.22. The summed E-state index contributed by atoms with van der Waals surface area (Å²) in [7, 11) is 0. The number of nitrogens with zero attached hydrogens (tertiary/aromatic N) is 3. The minimum absolute atomic E-state index is 0.909. The molecule has 0 aliphatic heterocycles. The van der Waals surface area contributed by atoms with Gasteiger partial charge in [-0.3, -0.25) is 0 Å². The van der Waals surface area contributed by atoms with Gasteiger partial charge in [-0.2, -0.15) is 0 Å². The zero-order valence-electron chi connectivity index (χ0n) is 13.9. The van der Waals surface area contributed by atoms with Gasteiger partial charge in [0.05, 0.1) is 10.2 Å². The second-order valence-electron chi connectivity index (χ2n) is 5.20. The van der Waals surface area contributed by atoms with Crippen LogP contribution in [0.2, 0.25) is 0 Å². The van der Waals surface area contributed by atoms with Crippen LogP contribution >= 0.6 is 15.9 Å². The Morgan fingerprint density at radius 1 is 1.00 bits per heavy atom. The third kappa shape index (κ3) is 5.91. The zero-order valence-corrected chi connectivity index (χ0v) is 15.5. The molecule has 1 N–H and O–H groups in total. The van der Waals surface area contributed by atoms with Gasteiger partial charge in [0.1, 0.15) is 11.6 Å². The first-order chi connectivity index (χ1) is 10.2. The predicted molar refractivity (Wildman–Crippen MR) is 94.0 cm³/mol. The molecule has 1 rings (SSSR count). The van der Waals surface area contributed by atoms with Crippen LogP contribution in [0.3, 0.4) is 0 Å². The number of aryl methyl sites for hydroxylation is 1. The summed E-state index contributed by atoms with van der Waals surface area (Å²) in [4.78, 5) is 11.9. The summed E-state index contributed by atoms with van der Waals surface area (Å²) in [6.07, 6.45) is 4.08. The number of likely N-dealkylation sites (N-methyl/N-ethyl adjacent to an activating group) is 1. The van der Waals surface area contributed by atoms with Crippen molar-refractivity contribution in [2.75, 3.05) is 31.5 Å². The average molecular weight is 357 g/mol. The van der Waals surface area contributed by atoms with Crippen molar-refractivity contribution < 1.29 is 0 Å². The van der Waals surface area contributed by atoms with Crippen molar-refractivity contribution in [1.82, 2.24) is 14.9 Å². The first kappa shape index (κ1) is 18.4. The van der Waals surface area contributed by atoms with Gasteiger partial charge in [0.15, 0.2) is 0 Å². The number of rotatable bonds is 10. The molecule has 1 aromatic rings. The second kappa shape index (κ2) is 10.1. The van der Waals surface area contributed by atoms with Gasteiger partial charge in [0.25, 0.3) is 0 Å². The van der Waals surface area contributed by atoms with E-state index in [1.165, 1.54) is 0 Å².